The van der Waals surface area contributed by atoms with Gasteiger partial charge in [0.2, 0.25) is 5.91 Å². The van der Waals surface area contributed by atoms with E-state index in [1.54, 1.807) is 6.07 Å². The number of carbonyl (C=O) groups excluding carboxylic acids is 2. The molecular weight excluding hydrogens is 392 g/mol. The molecule has 0 atom stereocenters. The molecule has 0 unspecified atom stereocenters. The van der Waals surface area contributed by atoms with Gasteiger partial charge in [0.25, 0.3) is 0 Å². The van der Waals surface area contributed by atoms with Crippen LogP contribution in [0.15, 0.2) is 54.6 Å². The van der Waals surface area contributed by atoms with E-state index in [9.17, 15) is 14.7 Å². The van der Waals surface area contributed by atoms with Crippen LogP contribution in [-0.2, 0) is 24.2 Å². The molecule has 6 nitrogen and oxygen atoms in total. The topological polar surface area (TPSA) is 97.4 Å². The minimum atomic E-state index is -1.29. The van der Waals surface area contributed by atoms with Gasteiger partial charge in [0, 0.05) is 17.5 Å². The van der Waals surface area contributed by atoms with E-state index in [2.05, 4.69) is 16.7 Å². The molecule has 0 bridgehead atoms. The first-order chi connectivity index (χ1) is 15.0. The van der Waals surface area contributed by atoms with E-state index < -0.39 is 18.5 Å². The van der Waals surface area contributed by atoms with Gasteiger partial charge in [-0.3, -0.25) is 4.79 Å². The highest BCUT2D eigenvalue weighted by Gasteiger charge is 2.26. The Morgan fingerprint density at radius 3 is 2.58 bits per heavy atom. The fourth-order valence-electron chi connectivity index (χ4n) is 4.77. The van der Waals surface area contributed by atoms with Crippen LogP contribution in [0, 0.1) is 0 Å². The van der Waals surface area contributed by atoms with Crippen LogP contribution in [0.1, 0.15) is 33.5 Å². The first kappa shape index (κ1) is 19.2. The molecule has 0 spiro atoms. The second-order valence-corrected chi connectivity index (χ2v) is 7.89. The van der Waals surface area contributed by atoms with Crippen molar-refractivity contribution in [2.45, 2.75) is 25.8 Å². The van der Waals surface area contributed by atoms with E-state index in [1.165, 1.54) is 5.56 Å². The Bertz CT molecular complexity index is 1340. The summed E-state index contributed by atoms with van der Waals surface area (Å²) in [7, 11) is 0. The maximum Gasteiger partial charge on any atom is 0.249 e. The van der Waals surface area contributed by atoms with Crippen molar-refractivity contribution in [3.05, 3.63) is 76.9 Å². The van der Waals surface area contributed by atoms with Gasteiger partial charge in [-0.25, -0.2) is 0 Å². The number of hydrogen-bond acceptors (Lipinski definition) is 4. The Kier molecular flexibility index (Phi) is 4.62. The van der Waals surface area contributed by atoms with E-state index >= 15 is 0 Å². The van der Waals surface area contributed by atoms with Gasteiger partial charge in [0.05, 0.1) is 22.4 Å². The van der Waals surface area contributed by atoms with Crippen molar-refractivity contribution in [2.24, 2.45) is 5.73 Å². The summed E-state index contributed by atoms with van der Waals surface area (Å²) in [5, 5.41) is 12.5. The smallest absolute Gasteiger partial charge is 0.249 e. The highest BCUT2D eigenvalue weighted by molar-refractivity contribution is 6.20. The number of aliphatic carboxylic acids is 1. The molecule has 4 aromatic rings. The summed E-state index contributed by atoms with van der Waals surface area (Å²) in [5.74, 6) is -1.38. The lowest BCUT2D eigenvalue weighted by Crippen LogP contribution is -2.29. The van der Waals surface area contributed by atoms with Crippen molar-refractivity contribution in [3.63, 3.8) is 0 Å². The first-order valence-corrected chi connectivity index (χ1v) is 10.3. The molecule has 1 aliphatic rings. The third-order valence-corrected chi connectivity index (χ3v) is 5.98. The monoisotopic (exact) mass is 413 g/mol. The molecule has 1 heterocycles. The molecule has 0 saturated carbocycles. The number of primary amides is 1. The predicted molar refractivity (Wildman–Crippen MR) is 116 cm³/mol. The number of ether oxygens (including phenoxy) is 1. The number of carboxylic acid groups (broad SMARTS) is 1. The lowest BCUT2D eigenvalue weighted by Gasteiger charge is -2.14. The van der Waals surface area contributed by atoms with Gasteiger partial charge in [-0.1, -0.05) is 36.4 Å². The zero-order chi connectivity index (χ0) is 21.5. The number of benzene rings is 3. The van der Waals surface area contributed by atoms with Gasteiger partial charge in [0.15, 0.2) is 0 Å². The maximum absolute atomic E-state index is 12.3. The molecule has 1 amide bonds. The Labute approximate surface area is 178 Å². The van der Waals surface area contributed by atoms with E-state index in [0.717, 1.165) is 46.8 Å². The summed E-state index contributed by atoms with van der Waals surface area (Å²) in [5.41, 5.74) is 11.5. The number of aromatic nitrogens is 1. The second-order valence-electron chi connectivity index (χ2n) is 7.89. The number of nitrogens with zero attached hydrogens (tertiary/aromatic N) is 1. The standard InChI is InChI=1S/C25H22N2O4/c26-25(30)18-10-5-11-19-22(18)23-20(31-14-21(28)29)12-16-8-4-9-17(16)24(23)27(19)13-15-6-2-1-3-7-15/h1-3,5-7,10-12H,4,8-9,13-14H2,(H2,26,30)(H,28,29)/p-1. The average molecular weight is 413 g/mol. The molecule has 0 radical (unpaired) electrons. The van der Waals surface area contributed by atoms with Crippen LogP contribution in [0.25, 0.3) is 21.8 Å². The largest absolute Gasteiger partial charge is 0.546 e. The van der Waals surface area contributed by atoms with Gasteiger partial charge in [-0.2, -0.15) is 0 Å². The summed E-state index contributed by atoms with van der Waals surface area (Å²) >= 11 is 0. The van der Waals surface area contributed by atoms with Crippen molar-refractivity contribution < 1.29 is 19.4 Å². The van der Waals surface area contributed by atoms with Gasteiger partial charge < -0.3 is 24.9 Å². The predicted octanol–water partition coefficient (Wildman–Crippen LogP) is 2.56. The zero-order valence-electron chi connectivity index (χ0n) is 16.9. The van der Waals surface area contributed by atoms with E-state index in [1.807, 2.05) is 36.4 Å². The van der Waals surface area contributed by atoms with Crippen LogP contribution in [0.3, 0.4) is 0 Å². The van der Waals surface area contributed by atoms with Crippen LogP contribution >= 0.6 is 0 Å². The number of hydrogen-bond donors (Lipinski definition) is 1. The Balaban J connectivity index is 1.89. The van der Waals surface area contributed by atoms with E-state index in [0.29, 0.717) is 23.2 Å². The fourth-order valence-corrected chi connectivity index (χ4v) is 4.77. The number of carbonyl (C=O) groups is 2. The quantitative estimate of drug-likeness (QED) is 0.525. The fraction of sp³-hybridized carbons (Fsp3) is 0.200. The van der Waals surface area contributed by atoms with Crippen LogP contribution in [0.5, 0.6) is 5.75 Å². The average Bonchev–Trinajstić information content (AvgIpc) is 3.35. The summed E-state index contributed by atoms with van der Waals surface area (Å²) in [6.07, 6.45) is 2.84. The highest BCUT2D eigenvalue weighted by atomic mass is 16.5. The minimum absolute atomic E-state index is 0.394. The number of carboxylic acids is 1. The lowest BCUT2D eigenvalue weighted by molar-refractivity contribution is -0.307. The third-order valence-electron chi connectivity index (χ3n) is 5.98. The molecule has 6 heteroatoms. The SMILES string of the molecule is NC(=O)c1cccc2c1c1c(OCC(=O)[O-])cc3c(c1n2Cc1ccccc1)CCC3. The summed E-state index contributed by atoms with van der Waals surface area (Å²) in [6, 6.07) is 17.5. The number of rotatable bonds is 6. The van der Waals surface area contributed by atoms with Crippen molar-refractivity contribution in [1.82, 2.24) is 4.57 Å². The van der Waals surface area contributed by atoms with Crippen molar-refractivity contribution in [2.75, 3.05) is 6.61 Å². The van der Waals surface area contributed by atoms with E-state index in [-0.39, 0.29) is 0 Å². The molecule has 0 aliphatic heterocycles. The highest BCUT2D eigenvalue weighted by Crippen LogP contribution is 2.43. The molecule has 156 valence electrons. The first-order valence-electron chi connectivity index (χ1n) is 10.3. The molecular formula is C25H21N2O4-. The summed E-state index contributed by atoms with van der Waals surface area (Å²) < 4.78 is 7.88. The maximum atomic E-state index is 12.3. The molecule has 0 saturated heterocycles. The van der Waals surface area contributed by atoms with Crippen LogP contribution in [-0.4, -0.2) is 23.1 Å². The molecule has 3 aromatic carbocycles. The molecule has 0 fully saturated rings. The molecule has 5 rings (SSSR count). The molecule has 2 N–H and O–H groups in total. The Morgan fingerprint density at radius 2 is 1.84 bits per heavy atom. The molecule has 31 heavy (non-hydrogen) atoms. The van der Waals surface area contributed by atoms with E-state index in [4.69, 9.17) is 10.5 Å². The zero-order valence-corrected chi connectivity index (χ0v) is 16.9. The van der Waals surface area contributed by atoms with Gasteiger partial charge in [0.1, 0.15) is 12.4 Å². The van der Waals surface area contributed by atoms with Crippen LogP contribution in [0.4, 0.5) is 0 Å². The summed E-state index contributed by atoms with van der Waals surface area (Å²) in [4.78, 5) is 23.4. The summed E-state index contributed by atoms with van der Waals surface area (Å²) in [6.45, 7) is 0.0530. The number of fused-ring (bicyclic) bond motifs is 5. The minimum Gasteiger partial charge on any atom is -0.546 e. The Morgan fingerprint density at radius 1 is 1.03 bits per heavy atom. The van der Waals surface area contributed by atoms with Crippen molar-refractivity contribution in [1.29, 1.82) is 0 Å². The number of amides is 1. The van der Waals surface area contributed by atoms with Crippen molar-refractivity contribution >= 4 is 33.7 Å². The molecule has 1 aliphatic carbocycles. The lowest BCUT2D eigenvalue weighted by atomic mass is 10.0. The van der Waals surface area contributed by atoms with Gasteiger partial charge in [-0.05, 0) is 54.2 Å². The van der Waals surface area contributed by atoms with Crippen LogP contribution in [0.2, 0.25) is 0 Å². The third kappa shape index (κ3) is 3.20. The molecule has 1 aromatic heterocycles. The van der Waals surface area contributed by atoms with Gasteiger partial charge >= 0.3 is 0 Å². The number of aryl methyl sites for hydroxylation is 2. The normalized spacial score (nSPS) is 12.9. The van der Waals surface area contributed by atoms with Gasteiger partial charge in [-0.15, -0.1) is 0 Å². The van der Waals surface area contributed by atoms with Crippen LogP contribution < -0.4 is 15.6 Å². The second kappa shape index (κ2) is 7.47. The van der Waals surface area contributed by atoms with Crippen molar-refractivity contribution in [3.8, 4) is 5.75 Å². The Hall–Kier alpha value is -3.80. The number of nitrogens with two attached hydrogens (primary N) is 1.